The van der Waals surface area contributed by atoms with E-state index in [1.165, 1.54) is 0 Å². The smallest absolute Gasteiger partial charge is 0.338 e. The Labute approximate surface area is 122 Å². The van der Waals surface area contributed by atoms with Gasteiger partial charge in [0.1, 0.15) is 0 Å². The van der Waals surface area contributed by atoms with Crippen molar-refractivity contribution in [3.05, 3.63) is 63.5 Å². The minimum atomic E-state index is -1.70. The van der Waals surface area contributed by atoms with Crippen LogP contribution in [0.25, 0.3) is 11.1 Å². The molecule has 0 aliphatic rings. The van der Waals surface area contributed by atoms with Gasteiger partial charge in [-0.1, -0.05) is 0 Å². The van der Waals surface area contributed by atoms with E-state index in [2.05, 4.69) is 4.74 Å². The number of methoxy groups -OCH3 is 1. The highest BCUT2D eigenvalue weighted by Gasteiger charge is 2.22. The van der Waals surface area contributed by atoms with E-state index in [4.69, 9.17) is 0 Å². The largest absolute Gasteiger partial charge is 0.465 e. The molecule has 0 radical (unpaired) electrons. The van der Waals surface area contributed by atoms with Crippen molar-refractivity contribution in [1.82, 2.24) is 0 Å². The lowest BCUT2D eigenvalue weighted by Crippen LogP contribution is -2.06. The first-order valence-electron chi connectivity index (χ1n) is 5.87. The summed E-state index contributed by atoms with van der Waals surface area (Å²) < 4.78 is 44.6. The molecule has 0 saturated carbocycles. The third kappa shape index (κ3) is 2.62. The van der Waals surface area contributed by atoms with E-state index in [0.717, 1.165) is 31.4 Å². The van der Waals surface area contributed by atoms with Gasteiger partial charge in [-0.2, -0.15) is 0 Å². The number of esters is 1. The molecule has 2 aromatic rings. The van der Waals surface area contributed by atoms with E-state index in [9.17, 15) is 28.1 Å². The minimum Gasteiger partial charge on any atom is -0.465 e. The van der Waals surface area contributed by atoms with E-state index in [1.54, 1.807) is 0 Å². The normalized spacial score (nSPS) is 10.4. The molecular weight excluding hydrogens is 303 g/mol. The van der Waals surface area contributed by atoms with Crippen LogP contribution in [0.2, 0.25) is 0 Å². The van der Waals surface area contributed by atoms with Crippen molar-refractivity contribution >= 4 is 11.7 Å². The number of nitro groups is 1. The predicted octanol–water partition coefficient (Wildman–Crippen LogP) is 3.47. The fraction of sp³-hybridized carbons (Fsp3) is 0.0714. The average molecular weight is 311 g/mol. The lowest BCUT2D eigenvalue weighted by atomic mass is 9.98. The predicted molar refractivity (Wildman–Crippen MR) is 69.7 cm³/mol. The molecule has 0 aliphatic heterocycles. The molecule has 0 bridgehead atoms. The van der Waals surface area contributed by atoms with Crippen LogP contribution in [0.3, 0.4) is 0 Å². The first kappa shape index (κ1) is 15.5. The number of carbonyl (C=O) groups excluding carboxylic acids is 1. The summed E-state index contributed by atoms with van der Waals surface area (Å²) in [5.41, 5.74) is -1.31. The van der Waals surface area contributed by atoms with Crippen LogP contribution >= 0.6 is 0 Å². The molecule has 0 spiro atoms. The third-order valence-corrected chi connectivity index (χ3v) is 2.94. The first-order chi connectivity index (χ1) is 10.4. The SMILES string of the molecule is COC(=O)c1cc([N+](=O)[O-])ccc1-c1ccc(F)c(F)c1F. The van der Waals surface area contributed by atoms with Gasteiger partial charge in [0.25, 0.3) is 5.69 Å². The Morgan fingerprint density at radius 1 is 1.09 bits per heavy atom. The first-order valence-corrected chi connectivity index (χ1v) is 5.87. The van der Waals surface area contributed by atoms with Gasteiger partial charge in [0.2, 0.25) is 0 Å². The summed E-state index contributed by atoms with van der Waals surface area (Å²) in [6, 6.07) is 4.59. The molecule has 0 fully saturated rings. The van der Waals surface area contributed by atoms with Gasteiger partial charge in [-0.15, -0.1) is 0 Å². The Balaban J connectivity index is 2.72. The standard InChI is InChI=1S/C14H8F3NO4/c1-22-14(19)10-6-7(18(20)21)2-3-8(10)9-4-5-11(15)13(17)12(9)16/h2-6H,1H3. The van der Waals surface area contributed by atoms with Crippen molar-refractivity contribution in [1.29, 1.82) is 0 Å². The molecule has 114 valence electrons. The number of non-ortho nitro benzene ring substituents is 1. The molecular formula is C14H8F3NO4. The number of halogens is 3. The van der Waals surface area contributed by atoms with Gasteiger partial charge in [0.05, 0.1) is 17.6 Å². The average Bonchev–Trinajstić information content (AvgIpc) is 2.51. The number of nitro benzene ring substituents is 1. The maximum atomic E-state index is 13.9. The molecule has 0 aromatic heterocycles. The van der Waals surface area contributed by atoms with Crippen molar-refractivity contribution in [3.8, 4) is 11.1 Å². The van der Waals surface area contributed by atoms with Crippen LogP contribution in [0.4, 0.5) is 18.9 Å². The fourth-order valence-electron chi connectivity index (χ4n) is 1.89. The Hall–Kier alpha value is -2.90. The Kier molecular flexibility index (Phi) is 4.11. The topological polar surface area (TPSA) is 69.4 Å². The van der Waals surface area contributed by atoms with Crippen molar-refractivity contribution in [2.75, 3.05) is 7.11 Å². The van der Waals surface area contributed by atoms with Crippen LogP contribution in [0.15, 0.2) is 30.3 Å². The summed E-state index contributed by atoms with van der Waals surface area (Å²) >= 11 is 0. The number of rotatable bonds is 3. The molecule has 22 heavy (non-hydrogen) atoms. The summed E-state index contributed by atoms with van der Waals surface area (Å²) in [5.74, 6) is -5.56. The van der Waals surface area contributed by atoms with Crippen LogP contribution in [0.5, 0.6) is 0 Å². The molecule has 0 saturated heterocycles. The Bertz CT molecular complexity index is 777. The summed E-state index contributed by atoms with van der Waals surface area (Å²) in [4.78, 5) is 21.7. The quantitative estimate of drug-likeness (QED) is 0.377. The lowest BCUT2D eigenvalue weighted by molar-refractivity contribution is -0.384. The summed E-state index contributed by atoms with van der Waals surface area (Å²) in [6.07, 6.45) is 0. The van der Waals surface area contributed by atoms with E-state index < -0.39 is 39.6 Å². The van der Waals surface area contributed by atoms with Gasteiger partial charge in [0.15, 0.2) is 17.5 Å². The Morgan fingerprint density at radius 2 is 1.73 bits per heavy atom. The minimum absolute atomic E-state index is 0.145. The zero-order chi connectivity index (χ0) is 16.4. The van der Waals surface area contributed by atoms with Gasteiger partial charge in [-0.3, -0.25) is 10.1 Å². The monoisotopic (exact) mass is 311 g/mol. The maximum Gasteiger partial charge on any atom is 0.338 e. The van der Waals surface area contributed by atoms with Crippen molar-refractivity contribution in [3.63, 3.8) is 0 Å². The second-order valence-electron chi connectivity index (χ2n) is 4.20. The summed E-state index contributed by atoms with van der Waals surface area (Å²) in [7, 11) is 1.03. The van der Waals surface area contributed by atoms with Crippen LogP contribution in [-0.4, -0.2) is 18.0 Å². The lowest BCUT2D eigenvalue weighted by Gasteiger charge is -2.09. The molecule has 0 heterocycles. The highest BCUT2D eigenvalue weighted by atomic mass is 19.2. The zero-order valence-electron chi connectivity index (χ0n) is 11.1. The van der Waals surface area contributed by atoms with Gasteiger partial charge >= 0.3 is 5.97 Å². The van der Waals surface area contributed by atoms with Crippen LogP contribution < -0.4 is 0 Å². The van der Waals surface area contributed by atoms with Crippen molar-refractivity contribution in [2.24, 2.45) is 0 Å². The number of benzene rings is 2. The molecule has 0 amide bonds. The number of ether oxygens (including phenoxy) is 1. The second kappa shape index (κ2) is 5.84. The summed E-state index contributed by atoms with van der Waals surface area (Å²) in [5, 5.41) is 10.7. The van der Waals surface area contributed by atoms with E-state index in [-0.39, 0.29) is 11.1 Å². The highest BCUT2D eigenvalue weighted by molar-refractivity contribution is 5.98. The van der Waals surface area contributed by atoms with Crippen molar-refractivity contribution in [2.45, 2.75) is 0 Å². The Morgan fingerprint density at radius 3 is 2.32 bits per heavy atom. The van der Waals surface area contributed by atoms with E-state index >= 15 is 0 Å². The van der Waals surface area contributed by atoms with E-state index in [0.29, 0.717) is 6.07 Å². The molecule has 0 unspecified atom stereocenters. The number of hydrogen-bond donors (Lipinski definition) is 0. The third-order valence-electron chi connectivity index (χ3n) is 2.94. The molecule has 0 atom stereocenters. The van der Waals surface area contributed by atoms with E-state index in [1.807, 2.05) is 0 Å². The molecule has 0 aliphatic carbocycles. The molecule has 8 heteroatoms. The van der Waals surface area contributed by atoms with Gasteiger partial charge in [-0.05, 0) is 23.8 Å². The zero-order valence-corrected chi connectivity index (χ0v) is 11.1. The van der Waals surface area contributed by atoms with Gasteiger partial charge in [-0.25, -0.2) is 18.0 Å². The number of nitrogens with zero attached hydrogens (tertiary/aromatic N) is 1. The number of carbonyl (C=O) groups is 1. The fourth-order valence-corrected chi connectivity index (χ4v) is 1.89. The van der Waals surface area contributed by atoms with Crippen LogP contribution in [0.1, 0.15) is 10.4 Å². The second-order valence-corrected chi connectivity index (χ2v) is 4.20. The number of hydrogen-bond acceptors (Lipinski definition) is 4. The molecule has 2 rings (SSSR count). The highest BCUT2D eigenvalue weighted by Crippen LogP contribution is 2.31. The van der Waals surface area contributed by atoms with Crippen LogP contribution in [0, 0.1) is 27.6 Å². The molecule has 0 N–H and O–H groups in total. The van der Waals surface area contributed by atoms with Gasteiger partial charge in [0, 0.05) is 17.7 Å². The van der Waals surface area contributed by atoms with Gasteiger partial charge < -0.3 is 4.74 Å². The van der Waals surface area contributed by atoms with Crippen molar-refractivity contribution < 1.29 is 27.6 Å². The molecule has 5 nitrogen and oxygen atoms in total. The van der Waals surface area contributed by atoms with Crippen LogP contribution in [-0.2, 0) is 4.74 Å². The maximum absolute atomic E-state index is 13.9. The molecule has 2 aromatic carbocycles. The summed E-state index contributed by atoms with van der Waals surface area (Å²) in [6.45, 7) is 0.